The quantitative estimate of drug-likeness (QED) is 0.824. The van der Waals surface area contributed by atoms with Crippen molar-refractivity contribution in [2.45, 2.75) is 4.90 Å². The van der Waals surface area contributed by atoms with Gasteiger partial charge in [-0.25, -0.2) is 8.42 Å². The van der Waals surface area contributed by atoms with Crippen molar-refractivity contribution >= 4 is 27.5 Å². The van der Waals surface area contributed by atoms with Crippen LogP contribution < -0.4 is 14.8 Å². The van der Waals surface area contributed by atoms with E-state index in [1.54, 1.807) is 24.3 Å². The Kier molecular flexibility index (Phi) is 3.53. The van der Waals surface area contributed by atoms with Gasteiger partial charge in [-0.05, 0) is 42.5 Å². The summed E-state index contributed by atoms with van der Waals surface area (Å²) in [6.45, 7) is 0. The SMILES string of the molecule is COc1ccc(NS(=O)(=O)c2ccc3c(c2)C(=O)NC3=O)cc1. The van der Waals surface area contributed by atoms with Crippen LogP contribution in [0.25, 0.3) is 0 Å². The predicted molar refractivity (Wildman–Crippen MR) is 82.0 cm³/mol. The van der Waals surface area contributed by atoms with Crippen LogP contribution in [0, 0.1) is 0 Å². The van der Waals surface area contributed by atoms with Gasteiger partial charge in [-0.3, -0.25) is 19.6 Å². The minimum absolute atomic E-state index is 0.0487. The third-order valence-corrected chi connectivity index (χ3v) is 4.74. The first-order chi connectivity index (χ1) is 10.9. The maximum Gasteiger partial charge on any atom is 0.261 e. The number of methoxy groups -OCH3 is 1. The van der Waals surface area contributed by atoms with Crippen molar-refractivity contribution in [3.05, 3.63) is 53.6 Å². The average Bonchev–Trinajstić information content (AvgIpc) is 2.82. The molecule has 23 heavy (non-hydrogen) atoms. The number of anilines is 1. The highest BCUT2D eigenvalue weighted by atomic mass is 32.2. The molecule has 0 atom stereocenters. The number of hydrogen-bond donors (Lipinski definition) is 2. The molecule has 1 aliphatic rings. The largest absolute Gasteiger partial charge is 0.497 e. The van der Waals surface area contributed by atoms with Crippen molar-refractivity contribution < 1.29 is 22.7 Å². The molecule has 0 radical (unpaired) electrons. The van der Waals surface area contributed by atoms with E-state index in [0.717, 1.165) is 0 Å². The summed E-state index contributed by atoms with van der Waals surface area (Å²) < 4.78 is 32.2. The van der Waals surface area contributed by atoms with Crippen LogP contribution in [-0.2, 0) is 10.0 Å². The van der Waals surface area contributed by atoms with Gasteiger partial charge in [0.2, 0.25) is 0 Å². The second-order valence-electron chi connectivity index (χ2n) is 4.82. The number of rotatable bonds is 4. The molecule has 0 bridgehead atoms. The number of amides is 2. The Morgan fingerprint density at radius 2 is 1.61 bits per heavy atom. The molecule has 0 aliphatic carbocycles. The van der Waals surface area contributed by atoms with E-state index in [2.05, 4.69) is 10.0 Å². The number of sulfonamides is 1. The first-order valence-electron chi connectivity index (χ1n) is 6.57. The fourth-order valence-corrected chi connectivity index (χ4v) is 3.27. The van der Waals surface area contributed by atoms with E-state index in [1.807, 2.05) is 0 Å². The molecule has 0 saturated heterocycles. The van der Waals surface area contributed by atoms with Crippen LogP contribution in [0.4, 0.5) is 5.69 Å². The fourth-order valence-electron chi connectivity index (χ4n) is 2.19. The highest BCUT2D eigenvalue weighted by Gasteiger charge is 2.28. The molecule has 7 nitrogen and oxygen atoms in total. The van der Waals surface area contributed by atoms with Gasteiger partial charge in [0, 0.05) is 5.69 Å². The average molecular weight is 332 g/mol. The molecule has 0 spiro atoms. The van der Waals surface area contributed by atoms with Crippen LogP contribution in [0.1, 0.15) is 20.7 Å². The van der Waals surface area contributed by atoms with Gasteiger partial charge in [0.1, 0.15) is 5.75 Å². The Balaban J connectivity index is 1.92. The number of fused-ring (bicyclic) bond motifs is 1. The van der Waals surface area contributed by atoms with Crippen molar-refractivity contribution in [1.29, 1.82) is 0 Å². The van der Waals surface area contributed by atoms with Gasteiger partial charge in [-0.2, -0.15) is 0 Å². The van der Waals surface area contributed by atoms with E-state index < -0.39 is 21.8 Å². The van der Waals surface area contributed by atoms with Crippen molar-refractivity contribution in [3.8, 4) is 5.75 Å². The van der Waals surface area contributed by atoms with Gasteiger partial charge in [-0.15, -0.1) is 0 Å². The van der Waals surface area contributed by atoms with E-state index >= 15 is 0 Å². The summed E-state index contributed by atoms with van der Waals surface area (Å²) in [6.07, 6.45) is 0. The Bertz CT molecular complexity index is 904. The topological polar surface area (TPSA) is 102 Å². The molecule has 2 aromatic carbocycles. The van der Waals surface area contributed by atoms with Crippen LogP contribution in [0.3, 0.4) is 0 Å². The third-order valence-electron chi connectivity index (χ3n) is 3.36. The summed E-state index contributed by atoms with van der Waals surface area (Å²) in [5.74, 6) is -0.538. The van der Waals surface area contributed by atoms with Gasteiger partial charge < -0.3 is 4.74 Å². The van der Waals surface area contributed by atoms with E-state index in [9.17, 15) is 18.0 Å². The molecule has 2 N–H and O–H groups in total. The highest BCUT2D eigenvalue weighted by molar-refractivity contribution is 7.92. The summed E-state index contributed by atoms with van der Waals surface area (Å²) in [4.78, 5) is 23.0. The third kappa shape index (κ3) is 2.76. The summed E-state index contributed by atoms with van der Waals surface area (Å²) in [5.41, 5.74) is 0.567. The van der Waals surface area contributed by atoms with Gasteiger partial charge in [0.15, 0.2) is 0 Å². The first-order valence-corrected chi connectivity index (χ1v) is 8.05. The molecule has 0 saturated carbocycles. The Hall–Kier alpha value is -2.87. The van der Waals surface area contributed by atoms with Crippen LogP contribution in [0.5, 0.6) is 5.75 Å². The smallest absolute Gasteiger partial charge is 0.261 e. The van der Waals surface area contributed by atoms with Crippen LogP contribution in [0.2, 0.25) is 0 Å². The molecule has 0 fully saturated rings. The minimum atomic E-state index is -3.88. The number of carbonyl (C=O) groups excluding carboxylic acids is 2. The molecule has 1 heterocycles. The van der Waals surface area contributed by atoms with Crippen molar-refractivity contribution in [2.75, 3.05) is 11.8 Å². The zero-order chi connectivity index (χ0) is 16.6. The molecule has 118 valence electrons. The zero-order valence-electron chi connectivity index (χ0n) is 12.0. The maximum atomic E-state index is 12.4. The Morgan fingerprint density at radius 1 is 0.957 bits per heavy atom. The number of carbonyl (C=O) groups is 2. The maximum absolute atomic E-state index is 12.4. The molecule has 2 aromatic rings. The molecule has 1 aliphatic heterocycles. The monoisotopic (exact) mass is 332 g/mol. The number of benzene rings is 2. The van der Waals surface area contributed by atoms with Gasteiger partial charge in [0.25, 0.3) is 21.8 Å². The molecule has 3 rings (SSSR count). The molecule has 8 heteroatoms. The summed E-state index contributed by atoms with van der Waals surface area (Å²) in [6, 6.07) is 10.1. The number of imide groups is 1. The normalized spacial score (nSPS) is 13.4. The first kappa shape index (κ1) is 15.0. The summed E-state index contributed by atoms with van der Waals surface area (Å²) in [7, 11) is -2.37. The van der Waals surface area contributed by atoms with E-state index in [4.69, 9.17) is 4.74 Å². The lowest BCUT2D eigenvalue weighted by atomic mass is 10.1. The van der Waals surface area contributed by atoms with Crippen LogP contribution >= 0.6 is 0 Å². The van der Waals surface area contributed by atoms with E-state index in [-0.39, 0.29) is 16.0 Å². The fraction of sp³-hybridized carbons (Fsp3) is 0.0667. The van der Waals surface area contributed by atoms with Gasteiger partial charge in [0.05, 0.1) is 23.1 Å². The zero-order valence-corrected chi connectivity index (χ0v) is 12.8. The number of ether oxygens (including phenoxy) is 1. The summed E-state index contributed by atoms with van der Waals surface area (Å²) in [5, 5.41) is 2.12. The number of nitrogens with one attached hydrogen (secondary N) is 2. The lowest BCUT2D eigenvalue weighted by molar-refractivity contribution is 0.0879. The molecule has 0 aromatic heterocycles. The minimum Gasteiger partial charge on any atom is -0.497 e. The predicted octanol–water partition coefficient (Wildman–Crippen LogP) is 1.38. The highest BCUT2D eigenvalue weighted by Crippen LogP contribution is 2.23. The second kappa shape index (κ2) is 5.40. The van der Waals surface area contributed by atoms with Crippen molar-refractivity contribution in [3.63, 3.8) is 0 Å². The lowest BCUT2D eigenvalue weighted by Gasteiger charge is -2.09. The van der Waals surface area contributed by atoms with E-state index in [1.165, 1.54) is 25.3 Å². The summed E-state index contributed by atoms with van der Waals surface area (Å²) >= 11 is 0. The molecule has 0 unspecified atom stereocenters. The van der Waals surface area contributed by atoms with Gasteiger partial charge in [-0.1, -0.05) is 0 Å². The standard InChI is InChI=1S/C15H12N2O5S/c1-22-10-4-2-9(3-5-10)17-23(20,21)11-6-7-12-13(8-11)15(19)16-14(12)18/h2-8,17H,1H3,(H,16,18,19). The Morgan fingerprint density at radius 3 is 2.26 bits per heavy atom. The van der Waals surface area contributed by atoms with Crippen LogP contribution in [0.15, 0.2) is 47.4 Å². The van der Waals surface area contributed by atoms with Crippen LogP contribution in [-0.4, -0.2) is 27.3 Å². The molecular formula is C15H12N2O5S. The second-order valence-corrected chi connectivity index (χ2v) is 6.51. The Labute approximate surface area is 132 Å². The van der Waals surface area contributed by atoms with Crippen molar-refractivity contribution in [1.82, 2.24) is 5.32 Å². The van der Waals surface area contributed by atoms with E-state index in [0.29, 0.717) is 11.4 Å². The molecule has 2 amide bonds. The van der Waals surface area contributed by atoms with Crippen molar-refractivity contribution in [2.24, 2.45) is 0 Å². The molecular weight excluding hydrogens is 320 g/mol. The lowest BCUT2D eigenvalue weighted by Crippen LogP contribution is -2.19. The van der Waals surface area contributed by atoms with Gasteiger partial charge >= 0.3 is 0 Å². The number of hydrogen-bond acceptors (Lipinski definition) is 5.